The molecule has 3 N–H and O–H groups in total. The molecule has 10 heteroatoms. The van der Waals surface area contributed by atoms with Crippen molar-refractivity contribution in [3.8, 4) is 0 Å². The van der Waals surface area contributed by atoms with Gasteiger partial charge in [0.2, 0.25) is 0 Å². The van der Waals surface area contributed by atoms with Gasteiger partial charge in [-0.1, -0.05) is 11.3 Å². The Balaban J connectivity index is 0.00000156. The van der Waals surface area contributed by atoms with Gasteiger partial charge in [0.05, 0.1) is 23.6 Å². The van der Waals surface area contributed by atoms with E-state index in [4.69, 9.17) is 0 Å². The molecule has 0 saturated carbocycles. The van der Waals surface area contributed by atoms with Crippen molar-refractivity contribution in [3.05, 3.63) is 28.0 Å². The van der Waals surface area contributed by atoms with Gasteiger partial charge in [-0.3, -0.25) is 9.48 Å². The van der Waals surface area contributed by atoms with E-state index in [1.165, 1.54) is 17.0 Å². The molecule has 1 aliphatic rings. The Labute approximate surface area is 163 Å². The van der Waals surface area contributed by atoms with Crippen molar-refractivity contribution in [3.63, 3.8) is 0 Å². The average molecular weight is 407 g/mol. The van der Waals surface area contributed by atoms with Gasteiger partial charge in [-0.15, -0.1) is 24.8 Å². The molecule has 0 fully saturated rings. The Kier molecular flexibility index (Phi) is 8.64. The molecular weight excluding hydrogens is 383 g/mol. The van der Waals surface area contributed by atoms with E-state index in [9.17, 15) is 4.79 Å². The van der Waals surface area contributed by atoms with E-state index < -0.39 is 0 Å². The van der Waals surface area contributed by atoms with Crippen molar-refractivity contribution in [2.24, 2.45) is 0 Å². The molecule has 0 spiro atoms. The monoisotopic (exact) mass is 406 g/mol. The van der Waals surface area contributed by atoms with Crippen LogP contribution in [-0.4, -0.2) is 33.8 Å². The number of amides is 1. The van der Waals surface area contributed by atoms with Crippen LogP contribution < -0.4 is 16.0 Å². The summed E-state index contributed by atoms with van der Waals surface area (Å²) in [6, 6.07) is 2.06. The first-order chi connectivity index (χ1) is 11.2. The minimum Gasteiger partial charge on any atom is -0.362 e. The summed E-state index contributed by atoms with van der Waals surface area (Å²) in [5.41, 5.74) is 2.83. The number of halogens is 2. The Morgan fingerprint density at radius 3 is 3.00 bits per heavy atom. The summed E-state index contributed by atoms with van der Waals surface area (Å²) in [5, 5.41) is 14.8. The number of hydrogen-bond acceptors (Lipinski definition) is 6. The zero-order chi connectivity index (χ0) is 16.2. The summed E-state index contributed by atoms with van der Waals surface area (Å²) in [7, 11) is 0. The highest BCUT2D eigenvalue weighted by atomic mass is 35.5. The summed E-state index contributed by atoms with van der Waals surface area (Å²) in [5.74, 6) is -0.0922. The van der Waals surface area contributed by atoms with Crippen molar-refractivity contribution in [1.82, 2.24) is 25.4 Å². The van der Waals surface area contributed by atoms with E-state index in [1.807, 2.05) is 18.5 Å². The van der Waals surface area contributed by atoms with Crippen molar-refractivity contribution in [1.29, 1.82) is 0 Å². The third kappa shape index (κ3) is 5.31. The van der Waals surface area contributed by atoms with Crippen LogP contribution >= 0.6 is 36.2 Å². The van der Waals surface area contributed by atoms with Crippen LogP contribution in [0.4, 0.5) is 5.13 Å². The smallest absolute Gasteiger partial charge is 0.263 e. The largest absolute Gasteiger partial charge is 0.362 e. The molecule has 140 valence electrons. The maximum absolute atomic E-state index is 12.3. The minimum atomic E-state index is -0.0922. The molecule has 0 unspecified atom stereocenters. The van der Waals surface area contributed by atoms with Gasteiger partial charge in [0, 0.05) is 19.6 Å². The van der Waals surface area contributed by atoms with Gasteiger partial charge < -0.3 is 16.0 Å². The second-order valence-corrected chi connectivity index (χ2v) is 6.53. The van der Waals surface area contributed by atoms with Crippen molar-refractivity contribution < 1.29 is 4.79 Å². The number of fused-ring (bicyclic) bond motifs is 1. The second-order valence-electron chi connectivity index (χ2n) is 5.53. The van der Waals surface area contributed by atoms with E-state index in [1.54, 1.807) is 0 Å². The first-order valence-corrected chi connectivity index (χ1v) is 8.75. The van der Waals surface area contributed by atoms with Crippen LogP contribution in [0.25, 0.3) is 0 Å². The summed E-state index contributed by atoms with van der Waals surface area (Å²) in [4.78, 5) is 17.4. The lowest BCUT2D eigenvalue weighted by atomic mass is 10.3. The molecular formula is C15H24Cl2N6OS. The molecule has 1 aliphatic heterocycles. The number of thiazole rings is 1. The van der Waals surface area contributed by atoms with Gasteiger partial charge in [0.15, 0.2) is 5.13 Å². The lowest BCUT2D eigenvalue weighted by Gasteiger charge is -2.02. The lowest BCUT2D eigenvalue weighted by molar-refractivity contribution is 0.0953. The number of nitrogens with one attached hydrogen (secondary N) is 3. The molecule has 0 radical (unpaired) electrons. The fourth-order valence-electron chi connectivity index (χ4n) is 2.59. The fourth-order valence-corrected chi connectivity index (χ4v) is 3.54. The highest BCUT2D eigenvalue weighted by Gasteiger charge is 2.16. The van der Waals surface area contributed by atoms with Crippen LogP contribution in [-0.2, 0) is 19.6 Å². The minimum absolute atomic E-state index is 0. The Morgan fingerprint density at radius 2 is 2.24 bits per heavy atom. The quantitative estimate of drug-likeness (QED) is 0.709. The van der Waals surface area contributed by atoms with Crippen molar-refractivity contribution in [2.75, 3.05) is 18.4 Å². The third-order valence-electron chi connectivity index (χ3n) is 3.70. The van der Waals surface area contributed by atoms with E-state index in [-0.39, 0.29) is 30.7 Å². The van der Waals surface area contributed by atoms with Crippen LogP contribution in [0.15, 0.2) is 6.07 Å². The number of nitrogens with zero attached hydrogens (tertiary/aromatic N) is 3. The zero-order valence-corrected chi connectivity index (χ0v) is 16.7. The number of aryl methyl sites for hydroxylation is 2. The van der Waals surface area contributed by atoms with Crippen LogP contribution in [0.5, 0.6) is 0 Å². The van der Waals surface area contributed by atoms with E-state index in [0.717, 1.165) is 49.1 Å². The van der Waals surface area contributed by atoms with Gasteiger partial charge in [-0.25, -0.2) is 4.98 Å². The molecule has 0 saturated heterocycles. The summed E-state index contributed by atoms with van der Waals surface area (Å²) in [6.07, 6.45) is 1.08. The molecule has 3 rings (SSSR count). The predicted octanol–water partition coefficient (Wildman–Crippen LogP) is 2.35. The van der Waals surface area contributed by atoms with Gasteiger partial charge in [-0.2, -0.15) is 5.10 Å². The summed E-state index contributed by atoms with van der Waals surface area (Å²) < 4.78 is 2.03. The third-order valence-corrected chi connectivity index (χ3v) is 4.82. The topological polar surface area (TPSA) is 83.9 Å². The molecule has 2 aromatic heterocycles. The van der Waals surface area contributed by atoms with E-state index >= 15 is 0 Å². The first-order valence-electron chi connectivity index (χ1n) is 7.93. The van der Waals surface area contributed by atoms with Crippen molar-refractivity contribution in [2.45, 2.75) is 39.9 Å². The molecule has 7 nitrogen and oxygen atoms in total. The SMILES string of the molecule is CCNc1nc(C)c(C(=O)NCc2cc3n(n2)CCCNC3)s1.Cl.Cl. The highest BCUT2D eigenvalue weighted by molar-refractivity contribution is 7.17. The van der Waals surface area contributed by atoms with Crippen molar-refractivity contribution >= 4 is 47.2 Å². The standard InChI is InChI=1S/C15H22N6OS.2ClH/c1-3-17-15-19-10(2)13(23-15)14(22)18-8-11-7-12-9-16-5-4-6-21(12)20-11;;/h7,16H,3-6,8-9H2,1-2H3,(H,17,19)(H,18,22);2*1H. The van der Waals surface area contributed by atoms with E-state index in [2.05, 4.69) is 32.1 Å². The average Bonchev–Trinajstić information content (AvgIpc) is 3.02. The van der Waals surface area contributed by atoms with Gasteiger partial charge in [0.25, 0.3) is 5.91 Å². The van der Waals surface area contributed by atoms with Crippen LogP contribution in [0.3, 0.4) is 0 Å². The van der Waals surface area contributed by atoms with Crippen LogP contribution in [0, 0.1) is 6.92 Å². The van der Waals surface area contributed by atoms with Gasteiger partial charge >= 0.3 is 0 Å². The number of aromatic nitrogens is 3. The number of rotatable bonds is 5. The maximum Gasteiger partial charge on any atom is 0.263 e. The predicted molar refractivity (Wildman–Crippen MR) is 105 cm³/mol. The number of hydrogen-bond donors (Lipinski definition) is 3. The molecule has 0 aliphatic carbocycles. The number of carbonyl (C=O) groups excluding carboxylic acids is 1. The summed E-state index contributed by atoms with van der Waals surface area (Å²) >= 11 is 1.39. The molecule has 0 aromatic carbocycles. The highest BCUT2D eigenvalue weighted by Crippen LogP contribution is 2.22. The van der Waals surface area contributed by atoms with Crippen LogP contribution in [0.1, 0.15) is 40.1 Å². The van der Waals surface area contributed by atoms with E-state index in [0.29, 0.717) is 11.4 Å². The zero-order valence-electron chi connectivity index (χ0n) is 14.3. The fraction of sp³-hybridized carbons (Fsp3) is 0.533. The van der Waals surface area contributed by atoms with Crippen LogP contribution in [0.2, 0.25) is 0 Å². The molecule has 1 amide bonds. The van der Waals surface area contributed by atoms with Gasteiger partial charge in [0.1, 0.15) is 4.88 Å². The Hall–Kier alpha value is -1.35. The molecule has 25 heavy (non-hydrogen) atoms. The molecule has 2 aromatic rings. The Bertz CT molecular complexity index is 679. The molecule has 3 heterocycles. The first kappa shape index (κ1) is 21.7. The second kappa shape index (κ2) is 9.96. The molecule has 0 atom stereocenters. The normalized spacial score (nSPS) is 13.0. The summed E-state index contributed by atoms with van der Waals surface area (Å²) in [6.45, 7) is 7.88. The Morgan fingerprint density at radius 1 is 1.44 bits per heavy atom. The van der Waals surface area contributed by atoms with Gasteiger partial charge in [-0.05, 0) is 32.9 Å². The molecule has 0 bridgehead atoms. The number of anilines is 1. The number of carbonyl (C=O) groups is 1. The lowest BCUT2D eigenvalue weighted by Crippen LogP contribution is -2.23. The maximum atomic E-state index is 12.3.